The monoisotopic (exact) mass is 227 g/mol. The van der Waals surface area contributed by atoms with Crippen molar-refractivity contribution in [2.45, 2.75) is 18.9 Å². The highest BCUT2D eigenvalue weighted by atomic mass is 15.0. The van der Waals surface area contributed by atoms with Crippen molar-refractivity contribution in [2.75, 3.05) is 0 Å². The molecule has 1 atom stereocenters. The molecule has 0 radical (unpaired) electrons. The lowest BCUT2D eigenvalue weighted by Gasteiger charge is -2.16. The van der Waals surface area contributed by atoms with Crippen molar-refractivity contribution < 1.29 is 0 Å². The van der Waals surface area contributed by atoms with E-state index in [2.05, 4.69) is 29.2 Å². The summed E-state index contributed by atoms with van der Waals surface area (Å²) < 4.78 is 1.96. The second-order valence-electron chi connectivity index (χ2n) is 4.93. The lowest BCUT2D eigenvalue weighted by atomic mass is 9.95. The number of imidazole rings is 1. The molecule has 1 aromatic carbocycles. The fourth-order valence-electron chi connectivity index (χ4n) is 2.69. The molecule has 17 heavy (non-hydrogen) atoms. The summed E-state index contributed by atoms with van der Waals surface area (Å²) >= 11 is 0. The molecular weight excluding hydrogens is 210 g/mol. The Balaban J connectivity index is 1.80. The van der Waals surface area contributed by atoms with Gasteiger partial charge in [0.05, 0.1) is 18.1 Å². The fourth-order valence-corrected chi connectivity index (χ4v) is 2.69. The quantitative estimate of drug-likeness (QED) is 0.850. The zero-order chi connectivity index (χ0) is 11.8. The molecule has 3 nitrogen and oxygen atoms in total. The first kappa shape index (κ1) is 10.5. The molecule has 88 valence electrons. The Morgan fingerprint density at radius 1 is 1.29 bits per heavy atom. The number of nitrogens with zero attached hydrogens (tertiary/aromatic N) is 2. The van der Waals surface area contributed by atoms with Gasteiger partial charge in [-0.3, -0.25) is 0 Å². The fraction of sp³-hybridized carbons (Fsp3) is 0.357. The van der Waals surface area contributed by atoms with Crippen LogP contribution >= 0.6 is 0 Å². The number of fused-ring (bicyclic) bond motifs is 1. The second-order valence-corrected chi connectivity index (χ2v) is 4.93. The van der Waals surface area contributed by atoms with Crippen molar-refractivity contribution in [3.8, 4) is 0 Å². The Kier molecular flexibility index (Phi) is 2.48. The van der Waals surface area contributed by atoms with Crippen LogP contribution in [0.25, 0.3) is 0 Å². The van der Waals surface area contributed by atoms with E-state index in [4.69, 9.17) is 5.73 Å². The van der Waals surface area contributed by atoms with E-state index in [1.54, 1.807) is 0 Å². The van der Waals surface area contributed by atoms with Gasteiger partial charge in [-0.1, -0.05) is 24.3 Å². The highest BCUT2D eigenvalue weighted by Crippen LogP contribution is 2.33. The molecule has 0 spiro atoms. The van der Waals surface area contributed by atoms with Crippen molar-refractivity contribution in [3.63, 3.8) is 0 Å². The van der Waals surface area contributed by atoms with E-state index < -0.39 is 0 Å². The van der Waals surface area contributed by atoms with Crippen LogP contribution in [0, 0.1) is 5.92 Å². The molecule has 0 aliphatic heterocycles. The summed E-state index contributed by atoms with van der Waals surface area (Å²) in [7, 11) is 1.98. The van der Waals surface area contributed by atoms with Gasteiger partial charge >= 0.3 is 0 Å². The van der Waals surface area contributed by atoms with Crippen LogP contribution in [0.3, 0.4) is 0 Å². The first-order valence-corrected chi connectivity index (χ1v) is 6.04. The van der Waals surface area contributed by atoms with Crippen LogP contribution in [0.1, 0.15) is 22.9 Å². The predicted molar refractivity (Wildman–Crippen MR) is 67.5 cm³/mol. The van der Waals surface area contributed by atoms with E-state index in [1.807, 2.05) is 24.1 Å². The third-order valence-electron chi connectivity index (χ3n) is 3.66. The summed E-state index contributed by atoms with van der Waals surface area (Å²) in [4.78, 5) is 4.36. The summed E-state index contributed by atoms with van der Waals surface area (Å²) in [5.41, 5.74) is 10.2. The van der Waals surface area contributed by atoms with Crippen LogP contribution in [-0.4, -0.2) is 9.55 Å². The van der Waals surface area contributed by atoms with Gasteiger partial charge in [-0.25, -0.2) is 4.98 Å². The molecule has 0 saturated carbocycles. The van der Waals surface area contributed by atoms with E-state index in [0.717, 1.165) is 18.5 Å². The molecule has 0 amide bonds. The molecule has 1 aliphatic rings. The van der Waals surface area contributed by atoms with Crippen LogP contribution < -0.4 is 5.73 Å². The van der Waals surface area contributed by atoms with E-state index >= 15 is 0 Å². The largest absolute Gasteiger partial charge is 0.340 e. The Labute approximate surface area is 101 Å². The van der Waals surface area contributed by atoms with E-state index in [-0.39, 0.29) is 6.04 Å². The molecule has 0 bridgehead atoms. The zero-order valence-electron chi connectivity index (χ0n) is 10.0. The molecule has 0 fully saturated rings. The average molecular weight is 227 g/mol. The Morgan fingerprint density at radius 3 is 2.47 bits per heavy atom. The van der Waals surface area contributed by atoms with Gasteiger partial charge < -0.3 is 10.3 Å². The van der Waals surface area contributed by atoms with Crippen molar-refractivity contribution in [1.82, 2.24) is 9.55 Å². The minimum absolute atomic E-state index is 0.0450. The standard InChI is InChI=1S/C14H17N3/c1-17-8-13(16-9-17)14(15)12-6-10-4-2-3-5-11(10)7-12/h2-5,8-9,12,14H,6-7,15H2,1H3. The number of hydrogen-bond donors (Lipinski definition) is 1. The number of aryl methyl sites for hydroxylation is 1. The number of benzene rings is 1. The van der Waals surface area contributed by atoms with Crippen molar-refractivity contribution in [2.24, 2.45) is 18.7 Å². The van der Waals surface area contributed by atoms with Gasteiger partial charge in [0.15, 0.2) is 0 Å². The topological polar surface area (TPSA) is 43.8 Å². The first-order valence-electron chi connectivity index (χ1n) is 6.04. The highest BCUT2D eigenvalue weighted by Gasteiger charge is 2.28. The average Bonchev–Trinajstić information content (AvgIpc) is 2.93. The lowest BCUT2D eigenvalue weighted by molar-refractivity contribution is 0.446. The Hall–Kier alpha value is -1.61. The van der Waals surface area contributed by atoms with Crippen LogP contribution in [-0.2, 0) is 19.9 Å². The molecular formula is C14H17N3. The Bertz CT molecular complexity index is 505. The third kappa shape index (κ3) is 1.87. The predicted octanol–water partition coefficient (Wildman–Crippen LogP) is 1.83. The molecule has 1 aromatic heterocycles. The number of hydrogen-bond acceptors (Lipinski definition) is 2. The number of aromatic nitrogens is 2. The van der Waals surface area contributed by atoms with Crippen LogP contribution in [0.4, 0.5) is 0 Å². The van der Waals surface area contributed by atoms with Crippen LogP contribution in [0.5, 0.6) is 0 Å². The zero-order valence-corrected chi connectivity index (χ0v) is 10.0. The summed E-state index contributed by atoms with van der Waals surface area (Å²) in [5, 5.41) is 0. The lowest BCUT2D eigenvalue weighted by Crippen LogP contribution is -2.22. The maximum atomic E-state index is 6.32. The van der Waals surface area contributed by atoms with E-state index in [0.29, 0.717) is 5.92 Å². The highest BCUT2D eigenvalue weighted by molar-refractivity contribution is 5.33. The van der Waals surface area contributed by atoms with Gasteiger partial charge in [-0.15, -0.1) is 0 Å². The second kappa shape index (κ2) is 4.00. The smallest absolute Gasteiger partial charge is 0.0947 e. The normalized spacial score (nSPS) is 17.1. The summed E-state index contributed by atoms with van der Waals surface area (Å²) in [6.45, 7) is 0. The van der Waals surface area contributed by atoms with Crippen molar-refractivity contribution in [3.05, 3.63) is 53.6 Å². The molecule has 2 N–H and O–H groups in total. The Morgan fingerprint density at radius 2 is 1.94 bits per heavy atom. The van der Waals surface area contributed by atoms with E-state index in [9.17, 15) is 0 Å². The van der Waals surface area contributed by atoms with Gasteiger partial charge in [-0.05, 0) is 29.9 Å². The number of rotatable bonds is 2. The molecule has 1 unspecified atom stereocenters. The maximum absolute atomic E-state index is 6.32. The molecule has 3 rings (SSSR count). The molecule has 0 saturated heterocycles. The minimum atomic E-state index is 0.0450. The summed E-state index contributed by atoms with van der Waals surface area (Å²) in [5.74, 6) is 0.488. The number of nitrogens with two attached hydrogens (primary N) is 1. The summed E-state index contributed by atoms with van der Waals surface area (Å²) in [6.07, 6.45) is 5.99. The molecule has 1 aliphatic carbocycles. The van der Waals surface area contributed by atoms with Crippen molar-refractivity contribution in [1.29, 1.82) is 0 Å². The van der Waals surface area contributed by atoms with Crippen LogP contribution in [0.15, 0.2) is 36.8 Å². The first-order chi connectivity index (χ1) is 8.24. The van der Waals surface area contributed by atoms with Crippen LogP contribution in [0.2, 0.25) is 0 Å². The van der Waals surface area contributed by atoms with Gasteiger partial charge in [0.1, 0.15) is 0 Å². The summed E-state index contributed by atoms with van der Waals surface area (Å²) in [6, 6.07) is 8.67. The molecule has 1 heterocycles. The minimum Gasteiger partial charge on any atom is -0.340 e. The third-order valence-corrected chi connectivity index (χ3v) is 3.66. The molecule has 2 aromatic rings. The SMILES string of the molecule is Cn1cnc(C(N)C2Cc3ccccc3C2)c1. The van der Waals surface area contributed by atoms with Gasteiger partial charge in [-0.2, -0.15) is 0 Å². The van der Waals surface area contributed by atoms with Gasteiger partial charge in [0.2, 0.25) is 0 Å². The van der Waals surface area contributed by atoms with Crippen molar-refractivity contribution >= 4 is 0 Å². The van der Waals surface area contributed by atoms with Gasteiger partial charge in [0.25, 0.3) is 0 Å². The van der Waals surface area contributed by atoms with E-state index in [1.165, 1.54) is 11.1 Å². The van der Waals surface area contributed by atoms with Gasteiger partial charge in [0, 0.05) is 13.2 Å². The maximum Gasteiger partial charge on any atom is 0.0947 e. The molecule has 3 heteroatoms.